The van der Waals surface area contributed by atoms with Crippen LogP contribution in [0.5, 0.6) is 5.88 Å². The standard InChI is InChI=1S/C25H24FN3O4S2/c1-3-4-11-28-22(31)18(14-27)15(2)21(24(28)33)19(30)6-5-12-29-23(32)20(35-25(29)34)13-16-7-9-17(26)10-8-16/h7-10,13,33H,3-6,11-12H2,1-2H3/b20-13-. The van der Waals surface area contributed by atoms with Gasteiger partial charge >= 0.3 is 0 Å². The lowest BCUT2D eigenvalue weighted by Gasteiger charge is -2.16. The van der Waals surface area contributed by atoms with Crippen molar-refractivity contribution in [2.45, 2.75) is 46.1 Å². The second-order valence-corrected chi connectivity index (χ2v) is 9.71. The van der Waals surface area contributed by atoms with Gasteiger partial charge in [0.15, 0.2) is 5.78 Å². The summed E-state index contributed by atoms with van der Waals surface area (Å²) in [5.41, 5.74) is 0.00194. The number of rotatable bonds is 9. The predicted octanol–water partition coefficient (Wildman–Crippen LogP) is 4.54. The lowest BCUT2D eigenvalue weighted by atomic mass is 9.99. The van der Waals surface area contributed by atoms with Gasteiger partial charge in [-0.1, -0.05) is 49.5 Å². The van der Waals surface area contributed by atoms with Crippen molar-refractivity contribution in [1.29, 1.82) is 5.26 Å². The minimum absolute atomic E-state index is 0.0146. The molecule has 2 heterocycles. The molecule has 2 aromatic rings. The van der Waals surface area contributed by atoms with E-state index in [2.05, 4.69) is 0 Å². The highest BCUT2D eigenvalue weighted by Gasteiger charge is 2.32. The minimum atomic E-state index is -0.613. The molecule has 3 rings (SSSR count). The van der Waals surface area contributed by atoms with Crippen molar-refractivity contribution in [2.24, 2.45) is 0 Å². The fourth-order valence-corrected chi connectivity index (χ4v) is 5.04. The van der Waals surface area contributed by atoms with Gasteiger partial charge in [-0.2, -0.15) is 5.26 Å². The highest BCUT2D eigenvalue weighted by Crippen LogP contribution is 2.33. The normalized spacial score (nSPS) is 14.6. The molecule has 0 atom stereocenters. The van der Waals surface area contributed by atoms with Crippen LogP contribution in [0.25, 0.3) is 6.08 Å². The number of Topliss-reactive ketones (excluding diaryl/α,β-unsaturated/α-hetero) is 1. The largest absolute Gasteiger partial charge is 0.494 e. The number of thioether (sulfide) groups is 1. The van der Waals surface area contributed by atoms with Crippen LogP contribution >= 0.6 is 24.0 Å². The van der Waals surface area contributed by atoms with E-state index in [1.807, 2.05) is 13.0 Å². The smallest absolute Gasteiger partial charge is 0.271 e. The van der Waals surface area contributed by atoms with Crippen LogP contribution in [0.2, 0.25) is 0 Å². The van der Waals surface area contributed by atoms with Gasteiger partial charge in [-0.3, -0.25) is 23.9 Å². The second-order valence-electron chi connectivity index (χ2n) is 8.03. The third kappa shape index (κ3) is 5.69. The number of carbonyl (C=O) groups is 2. The van der Waals surface area contributed by atoms with Crippen LogP contribution in [-0.2, 0) is 11.3 Å². The van der Waals surface area contributed by atoms with Gasteiger partial charge in [0, 0.05) is 19.5 Å². The van der Waals surface area contributed by atoms with E-state index in [1.165, 1.54) is 24.0 Å². The van der Waals surface area contributed by atoms with E-state index in [9.17, 15) is 29.1 Å². The Balaban J connectivity index is 1.73. The molecule has 0 aliphatic carbocycles. The third-order valence-corrected chi connectivity index (χ3v) is 7.02. The maximum absolute atomic E-state index is 13.1. The number of halogens is 1. The van der Waals surface area contributed by atoms with Crippen molar-refractivity contribution in [1.82, 2.24) is 9.47 Å². The first-order chi connectivity index (χ1) is 16.7. The molecule has 182 valence electrons. The number of aromatic nitrogens is 1. The summed E-state index contributed by atoms with van der Waals surface area (Å²) < 4.78 is 14.5. The third-order valence-electron chi connectivity index (χ3n) is 5.64. The van der Waals surface area contributed by atoms with Gasteiger partial charge in [-0.15, -0.1) is 0 Å². The topological polar surface area (TPSA) is 103 Å². The number of thiocarbonyl (C=S) groups is 1. The van der Waals surface area contributed by atoms with E-state index < -0.39 is 17.2 Å². The van der Waals surface area contributed by atoms with E-state index in [0.717, 1.165) is 22.7 Å². The first-order valence-electron chi connectivity index (χ1n) is 11.1. The van der Waals surface area contributed by atoms with Crippen LogP contribution in [0.1, 0.15) is 59.7 Å². The first kappa shape index (κ1) is 26.3. The fraction of sp³-hybridized carbons (Fsp3) is 0.320. The Kier molecular flexibility index (Phi) is 8.59. The molecular weight excluding hydrogens is 489 g/mol. The number of hydrogen-bond acceptors (Lipinski definition) is 7. The Hall–Kier alpha value is -3.29. The Morgan fingerprint density at radius 1 is 1.23 bits per heavy atom. The Morgan fingerprint density at radius 2 is 1.91 bits per heavy atom. The summed E-state index contributed by atoms with van der Waals surface area (Å²) in [6, 6.07) is 7.58. The molecule has 1 aliphatic rings. The van der Waals surface area contributed by atoms with Gasteiger partial charge in [0.05, 0.1) is 10.5 Å². The van der Waals surface area contributed by atoms with Crippen molar-refractivity contribution in [3.63, 3.8) is 0 Å². The molecular formula is C25H24FN3O4S2. The summed E-state index contributed by atoms with van der Waals surface area (Å²) in [5, 5.41) is 20.1. The maximum atomic E-state index is 13.1. The van der Waals surface area contributed by atoms with Crippen LogP contribution in [0.15, 0.2) is 34.0 Å². The van der Waals surface area contributed by atoms with Crippen LogP contribution in [-0.4, -0.2) is 37.1 Å². The lowest BCUT2D eigenvalue weighted by molar-refractivity contribution is -0.122. The SMILES string of the molecule is CCCCn1c(O)c(C(=O)CCCN2C(=O)/C(=C/c3ccc(F)cc3)SC2=S)c(C)c(C#N)c1=O. The van der Waals surface area contributed by atoms with Crippen molar-refractivity contribution in [3.05, 3.63) is 67.6 Å². The number of nitrogens with zero attached hydrogens (tertiary/aromatic N) is 3. The van der Waals surface area contributed by atoms with E-state index >= 15 is 0 Å². The maximum Gasteiger partial charge on any atom is 0.271 e. The average molecular weight is 514 g/mol. The minimum Gasteiger partial charge on any atom is -0.494 e. The molecule has 7 nitrogen and oxygen atoms in total. The van der Waals surface area contributed by atoms with Gasteiger partial charge in [-0.05, 0) is 49.1 Å². The highest BCUT2D eigenvalue weighted by molar-refractivity contribution is 8.26. The van der Waals surface area contributed by atoms with Gasteiger partial charge < -0.3 is 5.11 Å². The first-order valence-corrected chi connectivity index (χ1v) is 12.3. The highest BCUT2D eigenvalue weighted by atomic mass is 32.2. The molecule has 1 amide bonds. The molecule has 1 aliphatic heterocycles. The molecule has 0 bridgehead atoms. The molecule has 1 fully saturated rings. The zero-order valence-corrected chi connectivity index (χ0v) is 21.0. The number of ketones is 1. The molecule has 0 unspecified atom stereocenters. The molecule has 35 heavy (non-hydrogen) atoms. The number of pyridine rings is 1. The monoisotopic (exact) mass is 513 g/mol. The molecule has 1 aromatic carbocycles. The van der Waals surface area contributed by atoms with Crippen LogP contribution in [0, 0.1) is 24.1 Å². The summed E-state index contributed by atoms with van der Waals surface area (Å²) in [6.45, 7) is 3.79. The number of nitriles is 1. The fourth-order valence-electron chi connectivity index (χ4n) is 3.73. The molecule has 0 radical (unpaired) electrons. The summed E-state index contributed by atoms with van der Waals surface area (Å²) in [7, 11) is 0. The van der Waals surface area contributed by atoms with Crippen LogP contribution in [0.3, 0.4) is 0 Å². The van der Waals surface area contributed by atoms with Crippen molar-refractivity contribution >= 4 is 46.1 Å². The van der Waals surface area contributed by atoms with Gasteiger partial charge in [0.25, 0.3) is 11.5 Å². The molecule has 1 aromatic heterocycles. The van der Waals surface area contributed by atoms with E-state index in [4.69, 9.17) is 12.2 Å². The van der Waals surface area contributed by atoms with Gasteiger partial charge in [0.1, 0.15) is 21.8 Å². The molecule has 0 spiro atoms. The van der Waals surface area contributed by atoms with Crippen LogP contribution in [0.4, 0.5) is 4.39 Å². The van der Waals surface area contributed by atoms with E-state index in [-0.39, 0.29) is 54.3 Å². The molecule has 0 saturated carbocycles. The number of carbonyl (C=O) groups excluding carboxylic acids is 2. The van der Waals surface area contributed by atoms with Crippen molar-refractivity contribution < 1.29 is 19.1 Å². The number of unbranched alkanes of at least 4 members (excludes halogenated alkanes) is 1. The molecule has 1 N–H and O–H groups in total. The molecule has 10 heteroatoms. The summed E-state index contributed by atoms with van der Waals surface area (Å²) in [6.07, 6.45) is 3.26. The Bertz CT molecular complexity index is 1310. The zero-order valence-electron chi connectivity index (χ0n) is 19.3. The Labute approximate surface area is 211 Å². The number of hydrogen-bond donors (Lipinski definition) is 1. The van der Waals surface area contributed by atoms with Crippen LogP contribution < -0.4 is 5.56 Å². The van der Waals surface area contributed by atoms with E-state index in [0.29, 0.717) is 21.2 Å². The quantitative estimate of drug-likeness (QED) is 0.298. The summed E-state index contributed by atoms with van der Waals surface area (Å²) in [4.78, 5) is 40.1. The van der Waals surface area contributed by atoms with Crippen molar-refractivity contribution in [2.75, 3.05) is 6.54 Å². The zero-order chi connectivity index (χ0) is 25.7. The van der Waals surface area contributed by atoms with Gasteiger partial charge in [-0.25, -0.2) is 4.39 Å². The second kappa shape index (κ2) is 11.4. The summed E-state index contributed by atoms with van der Waals surface area (Å²) >= 11 is 6.45. The summed E-state index contributed by atoms with van der Waals surface area (Å²) in [5.74, 6) is -1.52. The predicted molar refractivity (Wildman–Crippen MR) is 137 cm³/mol. The lowest BCUT2D eigenvalue weighted by Crippen LogP contribution is -2.29. The van der Waals surface area contributed by atoms with E-state index in [1.54, 1.807) is 18.2 Å². The molecule has 1 saturated heterocycles. The van der Waals surface area contributed by atoms with Crippen molar-refractivity contribution in [3.8, 4) is 11.9 Å². The number of aromatic hydroxyl groups is 1. The van der Waals surface area contributed by atoms with Gasteiger partial charge in [0.2, 0.25) is 5.88 Å². The number of benzene rings is 1. The Morgan fingerprint density at radius 3 is 2.54 bits per heavy atom. The average Bonchev–Trinajstić information content (AvgIpc) is 3.08. The number of amides is 1.